The quantitative estimate of drug-likeness (QED) is 0.410. The maximum atomic E-state index is 13.2. The lowest BCUT2D eigenvalue weighted by Gasteiger charge is -2.22. The van der Waals surface area contributed by atoms with E-state index in [-0.39, 0.29) is 44.4 Å². The highest BCUT2D eigenvalue weighted by atomic mass is 32.2. The lowest BCUT2D eigenvalue weighted by Crippen LogP contribution is -2.22. The monoisotopic (exact) mass is 449 g/mol. The molecule has 164 valence electrons. The molecule has 0 atom stereocenters. The Kier molecular flexibility index (Phi) is 5.60. The molecule has 0 spiro atoms. The SMILES string of the molecule is CCCCS(=O)(=O)c1cc(Nc2ccc(O)c3c2C(=O)c2ccccc2C3=O)ccc1C. The zero-order chi connectivity index (χ0) is 23.0. The van der Waals surface area contributed by atoms with Crippen LogP contribution in [0.25, 0.3) is 0 Å². The van der Waals surface area contributed by atoms with Crippen LogP contribution in [0.3, 0.4) is 0 Å². The largest absolute Gasteiger partial charge is 0.507 e. The van der Waals surface area contributed by atoms with Gasteiger partial charge in [-0.25, -0.2) is 8.42 Å². The fraction of sp³-hybridized carbons (Fsp3) is 0.200. The van der Waals surface area contributed by atoms with Crippen molar-refractivity contribution in [1.82, 2.24) is 0 Å². The first kappa shape index (κ1) is 21.8. The summed E-state index contributed by atoms with van der Waals surface area (Å²) in [5.74, 6) is -1.02. The van der Waals surface area contributed by atoms with Crippen molar-refractivity contribution in [3.63, 3.8) is 0 Å². The summed E-state index contributed by atoms with van der Waals surface area (Å²) >= 11 is 0. The summed E-state index contributed by atoms with van der Waals surface area (Å²) in [4.78, 5) is 26.4. The van der Waals surface area contributed by atoms with Crippen molar-refractivity contribution in [1.29, 1.82) is 0 Å². The molecule has 0 amide bonds. The van der Waals surface area contributed by atoms with E-state index in [9.17, 15) is 23.1 Å². The summed E-state index contributed by atoms with van der Waals surface area (Å²) < 4.78 is 25.5. The van der Waals surface area contributed by atoms with E-state index in [0.717, 1.165) is 6.42 Å². The molecule has 0 aliphatic heterocycles. The fourth-order valence-electron chi connectivity index (χ4n) is 3.92. The molecule has 0 aromatic heterocycles. The zero-order valence-corrected chi connectivity index (χ0v) is 18.6. The van der Waals surface area contributed by atoms with Crippen LogP contribution < -0.4 is 5.32 Å². The molecule has 0 unspecified atom stereocenters. The smallest absolute Gasteiger partial charge is 0.198 e. The van der Waals surface area contributed by atoms with Crippen molar-refractivity contribution in [2.75, 3.05) is 11.1 Å². The first-order valence-corrected chi connectivity index (χ1v) is 12.0. The number of anilines is 2. The summed E-state index contributed by atoms with van der Waals surface area (Å²) in [6.07, 6.45) is 1.34. The predicted molar refractivity (Wildman–Crippen MR) is 123 cm³/mol. The second kappa shape index (κ2) is 8.24. The summed E-state index contributed by atoms with van der Waals surface area (Å²) in [6, 6.07) is 14.3. The average Bonchev–Trinajstić information content (AvgIpc) is 2.78. The molecule has 0 radical (unpaired) electrons. The molecule has 0 fully saturated rings. The molecule has 3 aromatic carbocycles. The summed E-state index contributed by atoms with van der Waals surface area (Å²) in [7, 11) is -3.45. The molecule has 0 heterocycles. The molecular weight excluding hydrogens is 426 g/mol. The number of aryl methyl sites for hydroxylation is 1. The van der Waals surface area contributed by atoms with Crippen LogP contribution in [0.4, 0.5) is 11.4 Å². The molecule has 6 nitrogen and oxygen atoms in total. The highest BCUT2D eigenvalue weighted by molar-refractivity contribution is 7.91. The molecule has 3 aromatic rings. The molecule has 7 heteroatoms. The van der Waals surface area contributed by atoms with Crippen molar-refractivity contribution < 1.29 is 23.1 Å². The van der Waals surface area contributed by atoms with E-state index < -0.39 is 15.6 Å². The minimum atomic E-state index is -3.45. The first-order chi connectivity index (χ1) is 15.2. The zero-order valence-electron chi connectivity index (χ0n) is 17.8. The molecule has 1 aliphatic carbocycles. The van der Waals surface area contributed by atoms with Gasteiger partial charge in [-0.2, -0.15) is 0 Å². The highest BCUT2D eigenvalue weighted by Gasteiger charge is 2.34. The Morgan fingerprint density at radius 3 is 2.22 bits per heavy atom. The van der Waals surface area contributed by atoms with Crippen molar-refractivity contribution >= 4 is 32.8 Å². The fourth-order valence-corrected chi connectivity index (χ4v) is 5.68. The van der Waals surface area contributed by atoms with Crippen LogP contribution in [-0.2, 0) is 9.84 Å². The maximum absolute atomic E-state index is 13.2. The van der Waals surface area contributed by atoms with Crippen LogP contribution in [0.2, 0.25) is 0 Å². The van der Waals surface area contributed by atoms with Gasteiger partial charge in [-0.1, -0.05) is 43.7 Å². The minimum Gasteiger partial charge on any atom is -0.507 e. The molecule has 32 heavy (non-hydrogen) atoms. The van der Waals surface area contributed by atoms with E-state index in [1.165, 1.54) is 12.1 Å². The first-order valence-electron chi connectivity index (χ1n) is 10.4. The Hall–Kier alpha value is -3.45. The Morgan fingerprint density at radius 2 is 1.56 bits per heavy atom. The number of hydrogen-bond donors (Lipinski definition) is 2. The topological polar surface area (TPSA) is 101 Å². The van der Waals surface area contributed by atoms with Crippen LogP contribution in [0.15, 0.2) is 59.5 Å². The number of fused-ring (bicyclic) bond motifs is 2. The number of benzene rings is 3. The van der Waals surface area contributed by atoms with E-state index in [4.69, 9.17) is 0 Å². The highest BCUT2D eigenvalue weighted by Crippen LogP contribution is 2.38. The van der Waals surface area contributed by atoms with E-state index >= 15 is 0 Å². The van der Waals surface area contributed by atoms with E-state index in [0.29, 0.717) is 23.4 Å². The Bertz CT molecular complexity index is 1360. The van der Waals surface area contributed by atoms with Gasteiger partial charge in [-0.05, 0) is 43.2 Å². The maximum Gasteiger partial charge on any atom is 0.198 e. The number of sulfone groups is 1. The second-order valence-corrected chi connectivity index (χ2v) is 9.94. The van der Waals surface area contributed by atoms with Crippen molar-refractivity contribution in [2.45, 2.75) is 31.6 Å². The third-order valence-corrected chi connectivity index (χ3v) is 7.56. The van der Waals surface area contributed by atoms with Gasteiger partial charge < -0.3 is 10.4 Å². The molecule has 1 aliphatic rings. The third kappa shape index (κ3) is 3.69. The van der Waals surface area contributed by atoms with Crippen LogP contribution in [0.5, 0.6) is 5.75 Å². The van der Waals surface area contributed by atoms with Crippen molar-refractivity contribution in [3.8, 4) is 5.75 Å². The minimum absolute atomic E-state index is 0.0541. The van der Waals surface area contributed by atoms with E-state index in [2.05, 4.69) is 5.32 Å². The van der Waals surface area contributed by atoms with E-state index in [1.54, 1.807) is 49.4 Å². The molecule has 0 saturated carbocycles. The van der Waals surface area contributed by atoms with Gasteiger partial charge in [-0.3, -0.25) is 9.59 Å². The third-order valence-electron chi connectivity index (χ3n) is 5.62. The van der Waals surface area contributed by atoms with Gasteiger partial charge in [0, 0.05) is 16.8 Å². The number of carbonyl (C=O) groups excluding carboxylic acids is 2. The Balaban J connectivity index is 1.79. The Labute approximate surface area is 186 Å². The van der Waals surface area contributed by atoms with Gasteiger partial charge in [0.25, 0.3) is 0 Å². The van der Waals surface area contributed by atoms with Crippen molar-refractivity contribution in [3.05, 3.63) is 82.4 Å². The number of aromatic hydroxyl groups is 1. The van der Waals surface area contributed by atoms with Crippen LogP contribution in [0.1, 0.15) is 57.2 Å². The molecule has 2 N–H and O–H groups in total. The number of phenolic OH excluding ortho intramolecular Hbond substituents is 1. The summed E-state index contributed by atoms with van der Waals surface area (Å²) in [5.41, 5.74) is 1.97. The Morgan fingerprint density at radius 1 is 0.906 bits per heavy atom. The van der Waals surface area contributed by atoms with Gasteiger partial charge >= 0.3 is 0 Å². The summed E-state index contributed by atoms with van der Waals surface area (Å²) in [5, 5.41) is 13.4. The van der Waals surface area contributed by atoms with Crippen molar-refractivity contribution in [2.24, 2.45) is 0 Å². The molecule has 4 rings (SSSR count). The number of carbonyl (C=O) groups is 2. The van der Waals surface area contributed by atoms with Gasteiger partial charge in [0.1, 0.15) is 5.75 Å². The standard InChI is InChI=1S/C25H23NO5S/c1-3-4-13-32(30,31)21-14-16(10-9-15(21)2)26-19-11-12-20(27)23-22(19)24(28)17-7-5-6-8-18(17)25(23)29/h5-12,14,26-27H,3-4,13H2,1-2H3. The van der Waals surface area contributed by atoms with Crippen LogP contribution in [0, 0.1) is 6.92 Å². The van der Waals surface area contributed by atoms with Crippen LogP contribution >= 0.6 is 0 Å². The molecule has 0 saturated heterocycles. The number of ketones is 2. The molecular formula is C25H23NO5S. The lowest BCUT2D eigenvalue weighted by molar-refractivity contribution is 0.0977. The van der Waals surface area contributed by atoms with E-state index in [1.807, 2.05) is 6.92 Å². The normalized spacial score (nSPS) is 12.9. The number of unbranched alkanes of at least 4 members (excludes halogenated alkanes) is 1. The average molecular weight is 450 g/mol. The summed E-state index contributed by atoms with van der Waals surface area (Å²) in [6.45, 7) is 3.68. The number of nitrogens with one attached hydrogen (secondary N) is 1. The number of phenols is 1. The van der Waals surface area contributed by atoms with Gasteiger partial charge in [-0.15, -0.1) is 0 Å². The van der Waals surface area contributed by atoms with Gasteiger partial charge in [0.2, 0.25) is 0 Å². The van der Waals surface area contributed by atoms with Gasteiger partial charge in [0.05, 0.1) is 27.5 Å². The second-order valence-electron chi connectivity index (χ2n) is 7.86. The molecule has 0 bridgehead atoms. The predicted octanol–water partition coefficient (Wildman–Crippen LogP) is 4.79. The van der Waals surface area contributed by atoms with Gasteiger partial charge in [0.15, 0.2) is 21.4 Å². The van der Waals surface area contributed by atoms with Crippen LogP contribution in [-0.4, -0.2) is 30.8 Å². The lowest BCUT2D eigenvalue weighted by atomic mass is 9.82. The number of hydrogen-bond acceptors (Lipinski definition) is 6. The number of rotatable bonds is 6.